The minimum atomic E-state index is -0.827. The van der Waals surface area contributed by atoms with Crippen molar-refractivity contribution in [3.05, 3.63) is 32.4 Å². The number of hydrogen-bond donors (Lipinski definition) is 1. The lowest BCUT2D eigenvalue weighted by molar-refractivity contribution is 0.0695. The third-order valence-corrected chi connectivity index (χ3v) is 2.90. The molecule has 82 valence electrons. The quantitative estimate of drug-likeness (QED) is 0.866. The van der Waals surface area contributed by atoms with Gasteiger partial charge in [0, 0.05) is 3.57 Å². The standard InChI is InChI=1S/C12H15IO2/c1-7(2)4-10-8(3)5-9(13)6-11(10)12(14)15/h5-7H,4H2,1-3H3,(H,14,15). The fourth-order valence-corrected chi connectivity index (χ4v) is 2.42. The Balaban J connectivity index is 3.27. The van der Waals surface area contributed by atoms with Crippen LogP contribution in [-0.2, 0) is 6.42 Å². The van der Waals surface area contributed by atoms with E-state index in [-0.39, 0.29) is 0 Å². The summed E-state index contributed by atoms with van der Waals surface area (Å²) >= 11 is 2.15. The molecule has 0 unspecified atom stereocenters. The van der Waals surface area contributed by atoms with Crippen LogP contribution in [-0.4, -0.2) is 11.1 Å². The molecule has 0 radical (unpaired) electrons. The summed E-state index contributed by atoms with van der Waals surface area (Å²) in [6.45, 7) is 6.18. The lowest BCUT2D eigenvalue weighted by Crippen LogP contribution is -2.08. The molecule has 2 nitrogen and oxygen atoms in total. The van der Waals surface area contributed by atoms with Gasteiger partial charge in [0.25, 0.3) is 0 Å². The van der Waals surface area contributed by atoms with Gasteiger partial charge in [0.05, 0.1) is 5.56 Å². The van der Waals surface area contributed by atoms with Crippen molar-refractivity contribution in [1.82, 2.24) is 0 Å². The van der Waals surface area contributed by atoms with Crippen LogP contribution < -0.4 is 0 Å². The number of aryl methyl sites for hydroxylation is 1. The van der Waals surface area contributed by atoms with Crippen molar-refractivity contribution >= 4 is 28.6 Å². The van der Waals surface area contributed by atoms with E-state index in [4.69, 9.17) is 5.11 Å². The Hall–Kier alpha value is -0.580. The summed E-state index contributed by atoms with van der Waals surface area (Å²) in [6, 6.07) is 3.78. The van der Waals surface area contributed by atoms with Crippen molar-refractivity contribution in [3.8, 4) is 0 Å². The number of carboxylic acids is 1. The van der Waals surface area contributed by atoms with E-state index in [1.165, 1.54) is 0 Å². The normalized spacial score (nSPS) is 10.7. The molecule has 1 aromatic carbocycles. The molecule has 0 saturated carbocycles. The van der Waals surface area contributed by atoms with Crippen molar-refractivity contribution in [2.75, 3.05) is 0 Å². The molecule has 0 bridgehead atoms. The lowest BCUT2D eigenvalue weighted by atomic mass is 9.94. The van der Waals surface area contributed by atoms with Gasteiger partial charge in [0.2, 0.25) is 0 Å². The Morgan fingerprint density at radius 1 is 1.47 bits per heavy atom. The molecule has 0 aliphatic heterocycles. The Morgan fingerprint density at radius 3 is 2.53 bits per heavy atom. The zero-order valence-electron chi connectivity index (χ0n) is 9.17. The molecule has 0 spiro atoms. The summed E-state index contributed by atoms with van der Waals surface area (Å²) in [6.07, 6.45) is 0.824. The average molecular weight is 318 g/mol. The van der Waals surface area contributed by atoms with E-state index in [1.807, 2.05) is 13.0 Å². The predicted octanol–water partition coefficient (Wildman–Crippen LogP) is 3.50. The number of carbonyl (C=O) groups is 1. The number of halogens is 1. The van der Waals surface area contributed by atoms with E-state index in [0.717, 1.165) is 21.1 Å². The highest BCUT2D eigenvalue weighted by atomic mass is 127. The van der Waals surface area contributed by atoms with Gasteiger partial charge in [-0.05, 0) is 65.1 Å². The van der Waals surface area contributed by atoms with Crippen LogP contribution in [0.2, 0.25) is 0 Å². The highest BCUT2D eigenvalue weighted by molar-refractivity contribution is 14.1. The summed E-state index contributed by atoms with van der Waals surface area (Å²) in [5.41, 5.74) is 2.50. The fraction of sp³-hybridized carbons (Fsp3) is 0.417. The molecule has 3 heteroatoms. The van der Waals surface area contributed by atoms with E-state index in [2.05, 4.69) is 36.4 Å². The number of carboxylic acid groups (broad SMARTS) is 1. The van der Waals surface area contributed by atoms with Crippen LogP contribution in [0.1, 0.15) is 35.3 Å². The van der Waals surface area contributed by atoms with Gasteiger partial charge in [0.15, 0.2) is 0 Å². The summed E-state index contributed by atoms with van der Waals surface area (Å²) in [7, 11) is 0. The Kier molecular flexibility index (Phi) is 4.13. The van der Waals surface area contributed by atoms with Crippen LogP contribution in [0.25, 0.3) is 0 Å². The maximum atomic E-state index is 11.1. The van der Waals surface area contributed by atoms with E-state index in [0.29, 0.717) is 11.5 Å². The van der Waals surface area contributed by atoms with Crippen LogP contribution in [0, 0.1) is 16.4 Å². The number of aromatic carboxylic acids is 1. The number of rotatable bonds is 3. The van der Waals surface area contributed by atoms with Gasteiger partial charge < -0.3 is 5.11 Å². The molecule has 0 heterocycles. The van der Waals surface area contributed by atoms with E-state index < -0.39 is 5.97 Å². The minimum absolute atomic E-state index is 0.452. The Morgan fingerprint density at radius 2 is 2.07 bits per heavy atom. The van der Waals surface area contributed by atoms with Crippen molar-refractivity contribution in [2.24, 2.45) is 5.92 Å². The predicted molar refractivity (Wildman–Crippen MR) is 69.4 cm³/mol. The third-order valence-electron chi connectivity index (χ3n) is 2.28. The molecule has 0 saturated heterocycles. The first-order valence-corrected chi connectivity index (χ1v) is 6.02. The van der Waals surface area contributed by atoms with E-state index in [1.54, 1.807) is 6.07 Å². The lowest BCUT2D eigenvalue weighted by Gasteiger charge is -2.12. The van der Waals surface area contributed by atoms with Gasteiger partial charge in [0.1, 0.15) is 0 Å². The smallest absolute Gasteiger partial charge is 0.336 e. The van der Waals surface area contributed by atoms with Gasteiger partial charge in [-0.15, -0.1) is 0 Å². The van der Waals surface area contributed by atoms with Gasteiger partial charge in [-0.3, -0.25) is 0 Å². The zero-order valence-corrected chi connectivity index (χ0v) is 11.3. The second-order valence-corrected chi connectivity index (χ2v) is 5.40. The molecule has 0 fully saturated rings. The first-order chi connectivity index (χ1) is 6.91. The first-order valence-electron chi connectivity index (χ1n) is 4.94. The molecular formula is C12H15IO2. The third kappa shape index (κ3) is 3.19. The van der Waals surface area contributed by atoms with Crippen LogP contribution in [0.15, 0.2) is 12.1 Å². The fourth-order valence-electron chi connectivity index (χ4n) is 1.64. The molecule has 0 aliphatic rings. The molecule has 1 aromatic rings. The van der Waals surface area contributed by atoms with Gasteiger partial charge >= 0.3 is 5.97 Å². The molecular weight excluding hydrogens is 303 g/mol. The van der Waals surface area contributed by atoms with Crippen molar-refractivity contribution in [3.63, 3.8) is 0 Å². The molecule has 0 aliphatic carbocycles. The van der Waals surface area contributed by atoms with Gasteiger partial charge in [-0.1, -0.05) is 13.8 Å². The highest BCUT2D eigenvalue weighted by Gasteiger charge is 2.14. The minimum Gasteiger partial charge on any atom is -0.478 e. The molecule has 1 N–H and O–H groups in total. The van der Waals surface area contributed by atoms with Crippen LogP contribution in [0.3, 0.4) is 0 Å². The molecule has 15 heavy (non-hydrogen) atoms. The second-order valence-electron chi connectivity index (χ2n) is 4.15. The van der Waals surface area contributed by atoms with Crippen molar-refractivity contribution in [1.29, 1.82) is 0 Å². The van der Waals surface area contributed by atoms with Gasteiger partial charge in [-0.25, -0.2) is 4.79 Å². The van der Waals surface area contributed by atoms with Crippen LogP contribution in [0.4, 0.5) is 0 Å². The monoisotopic (exact) mass is 318 g/mol. The summed E-state index contributed by atoms with van der Waals surface area (Å²) in [5, 5.41) is 9.12. The Bertz CT molecular complexity index is 383. The topological polar surface area (TPSA) is 37.3 Å². The molecule has 1 rings (SSSR count). The maximum Gasteiger partial charge on any atom is 0.336 e. The SMILES string of the molecule is Cc1cc(I)cc(C(=O)O)c1CC(C)C. The summed E-state index contributed by atoms with van der Waals surface area (Å²) < 4.78 is 0.981. The van der Waals surface area contributed by atoms with Gasteiger partial charge in [-0.2, -0.15) is 0 Å². The molecule has 0 aromatic heterocycles. The van der Waals surface area contributed by atoms with Crippen molar-refractivity contribution < 1.29 is 9.90 Å². The number of benzene rings is 1. The van der Waals surface area contributed by atoms with E-state index in [9.17, 15) is 4.79 Å². The second kappa shape index (κ2) is 4.96. The zero-order chi connectivity index (χ0) is 11.6. The maximum absolute atomic E-state index is 11.1. The number of hydrogen-bond acceptors (Lipinski definition) is 1. The largest absolute Gasteiger partial charge is 0.478 e. The first kappa shape index (κ1) is 12.5. The Labute approximate surface area is 104 Å². The summed E-state index contributed by atoms with van der Waals surface area (Å²) in [5.74, 6) is -0.353. The van der Waals surface area contributed by atoms with Crippen LogP contribution in [0.5, 0.6) is 0 Å². The van der Waals surface area contributed by atoms with E-state index >= 15 is 0 Å². The molecule has 0 amide bonds. The molecule has 0 atom stereocenters. The summed E-state index contributed by atoms with van der Waals surface area (Å²) in [4.78, 5) is 11.1. The average Bonchev–Trinajstić information content (AvgIpc) is 2.08. The highest BCUT2D eigenvalue weighted by Crippen LogP contribution is 2.21. The van der Waals surface area contributed by atoms with Crippen LogP contribution >= 0.6 is 22.6 Å². The van der Waals surface area contributed by atoms with Crippen molar-refractivity contribution in [2.45, 2.75) is 27.2 Å².